The largest absolute Gasteiger partial charge is 0.495 e. The van der Waals surface area contributed by atoms with Crippen LogP contribution in [0.5, 0.6) is 5.75 Å². The molecule has 0 aromatic heterocycles. The Morgan fingerprint density at radius 2 is 1.30 bits per heavy atom. The first-order valence-electron chi connectivity index (χ1n) is 15.4. The Hall–Kier alpha value is -3.15. The predicted molar refractivity (Wildman–Crippen MR) is 174 cm³/mol. The third-order valence-electron chi connectivity index (χ3n) is 8.53. The van der Waals surface area contributed by atoms with Gasteiger partial charge in [0.1, 0.15) is 18.0 Å². The molecule has 4 aromatic carbocycles. The van der Waals surface area contributed by atoms with E-state index in [1.807, 2.05) is 42.5 Å². The van der Waals surface area contributed by atoms with Gasteiger partial charge in [0.05, 0.1) is 37.6 Å². The number of hydrogen-bond donors (Lipinski definition) is 0. The minimum Gasteiger partial charge on any atom is -0.495 e. The summed E-state index contributed by atoms with van der Waals surface area (Å²) in [7, 11) is 1.67. The molecule has 5 atom stereocenters. The highest BCUT2D eigenvalue weighted by Gasteiger charge is 2.45. The van der Waals surface area contributed by atoms with E-state index in [2.05, 4.69) is 75.4 Å². The second kappa shape index (κ2) is 15.0. The molecule has 0 saturated carbocycles. The Kier molecular flexibility index (Phi) is 10.9. The monoisotopic (exact) mass is 598 g/mol. The average Bonchev–Trinajstić information content (AvgIpc) is 3.05. The number of rotatable bonds is 12. The Morgan fingerprint density at radius 1 is 0.721 bits per heavy atom. The summed E-state index contributed by atoms with van der Waals surface area (Å²) in [5.41, 5.74) is 6.74. The van der Waals surface area contributed by atoms with E-state index in [-0.39, 0.29) is 30.3 Å². The fourth-order valence-electron chi connectivity index (χ4n) is 6.00. The van der Waals surface area contributed by atoms with E-state index < -0.39 is 0 Å². The van der Waals surface area contributed by atoms with Gasteiger partial charge in [-0.25, -0.2) is 0 Å². The summed E-state index contributed by atoms with van der Waals surface area (Å²) in [5, 5.41) is 0.626. The molecule has 1 unspecified atom stereocenters. The number of benzene rings is 4. The van der Waals surface area contributed by atoms with Crippen LogP contribution >= 0.6 is 11.6 Å². The molecular formula is C38H43ClO4. The van der Waals surface area contributed by atoms with Crippen molar-refractivity contribution >= 4 is 11.6 Å². The van der Waals surface area contributed by atoms with E-state index >= 15 is 0 Å². The Morgan fingerprint density at radius 3 is 1.86 bits per heavy atom. The zero-order valence-electron chi connectivity index (χ0n) is 25.7. The van der Waals surface area contributed by atoms with Crippen molar-refractivity contribution in [3.05, 3.63) is 135 Å². The third-order valence-corrected chi connectivity index (χ3v) is 8.96. The van der Waals surface area contributed by atoms with Gasteiger partial charge in [0.2, 0.25) is 0 Å². The van der Waals surface area contributed by atoms with Gasteiger partial charge in [0.25, 0.3) is 0 Å². The van der Waals surface area contributed by atoms with Gasteiger partial charge in [-0.15, -0.1) is 0 Å². The zero-order chi connectivity index (χ0) is 30.2. The number of hydrogen-bond acceptors (Lipinski definition) is 4. The van der Waals surface area contributed by atoms with E-state index in [1.54, 1.807) is 7.11 Å². The zero-order valence-corrected chi connectivity index (χ0v) is 26.4. The molecule has 0 bridgehead atoms. The quantitative estimate of drug-likeness (QED) is 0.163. The summed E-state index contributed by atoms with van der Waals surface area (Å²) in [6.07, 6.45) is 1.70. The Labute approximate surface area is 261 Å². The molecule has 0 aliphatic carbocycles. The van der Waals surface area contributed by atoms with E-state index in [0.29, 0.717) is 30.4 Å². The highest BCUT2D eigenvalue weighted by atomic mass is 35.5. The van der Waals surface area contributed by atoms with Crippen LogP contribution in [0.1, 0.15) is 66.7 Å². The number of methoxy groups -OCH3 is 1. The first kappa shape index (κ1) is 31.3. The van der Waals surface area contributed by atoms with E-state index in [0.717, 1.165) is 35.1 Å². The summed E-state index contributed by atoms with van der Waals surface area (Å²) in [5.74, 6) is 0.773. The van der Waals surface area contributed by atoms with Crippen LogP contribution in [0, 0.1) is 5.92 Å². The molecule has 1 aliphatic heterocycles. The fourth-order valence-corrected chi connectivity index (χ4v) is 6.26. The van der Waals surface area contributed by atoms with Crippen LogP contribution in [0.3, 0.4) is 0 Å². The second-order valence-corrected chi connectivity index (χ2v) is 11.8. The van der Waals surface area contributed by atoms with Crippen molar-refractivity contribution in [1.29, 1.82) is 0 Å². The molecule has 1 aliphatic rings. The standard InChI is InChI=1S/C38H43ClO4/c1-5-27-17-19-28(20-18-27)21-31-22-32(23-34(40-4)35(31)39)37-38(42-25-30-15-11-8-12-16-30)36(26(3)33(6-2)43-37)41-24-29-13-9-7-10-14-29/h7-20,22-23,26,33,36-38H,5-6,21,24-25H2,1-4H3/t26-,33-,36+,37?,38-/m1/s1. The van der Waals surface area contributed by atoms with Crippen molar-refractivity contribution < 1.29 is 18.9 Å². The second-order valence-electron chi connectivity index (χ2n) is 11.4. The van der Waals surface area contributed by atoms with E-state index in [9.17, 15) is 0 Å². The molecule has 43 heavy (non-hydrogen) atoms. The summed E-state index contributed by atoms with van der Waals surface area (Å²) >= 11 is 6.91. The molecule has 0 radical (unpaired) electrons. The molecule has 1 fully saturated rings. The van der Waals surface area contributed by atoms with Crippen LogP contribution in [-0.2, 0) is 40.3 Å². The van der Waals surface area contributed by atoms with Gasteiger partial charge in [0, 0.05) is 5.92 Å². The van der Waals surface area contributed by atoms with Crippen LogP contribution < -0.4 is 4.74 Å². The Bertz CT molecular complexity index is 1420. The van der Waals surface area contributed by atoms with Crippen molar-refractivity contribution in [2.75, 3.05) is 7.11 Å². The van der Waals surface area contributed by atoms with Crippen LogP contribution in [-0.4, -0.2) is 25.4 Å². The minimum absolute atomic E-state index is 0.00839. The van der Waals surface area contributed by atoms with Crippen LogP contribution in [0.4, 0.5) is 0 Å². The van der Waals surface area contributed by atoms with Gasteiger partial charge in [-0.2, -0.15) is 0 Å². The molecule has 0 N–H and O–H groups in total. The average molecular weight is 599 g/mol. The number of halogens is 1. The van der Waals surface area contributed by atoms with Crippen LogP contribution in [0.2, 0.25) is 5.02 Å². The van der Waals surface area contributed by atoms with Gasteiger partial charge >= 0.3 is 0 Å². The highest BCUT2D eigenvalue weighted by Crippen LogP contribution is 2.43. The minimum atomic E-state index is -0.363. The third kappa shape index (κ3) is 7.69. The van der Waals surface area contributed by atoms with Crippen LogP contribution in [0.25, 0.3) is 0 Å². The lowest BCUT2D eigenvalue weighted by molar-refractivity contribution is -0.234. The van der Waals surface area contributed by atoms with Gasteiger partial charge in [-0.3, -0.25) is 0 Å². The fraction of sp³-hybridized carbons (Fsp3) is 0.368. The molecule has 1 heterocycles. The number of aryl methyl sites for hydroxylation is 1. The summed E-state index contributed by atoms with van der Waals surface area (Å²) in [4.78, 5) is 0. The van der Waals surface area contributed by atoms with Gasteiger partial charge in [-0.1, -0.05) is 123 Å². The molecule has 1 saturated heterocycles. The maximum atomic E-state index is 6.91. The first-order chi connectivity index (χ1) is 21.0. The van der Waals surface area contributed by atoms with Crippen molar-refractivity contribution in [3.63, 3.8) is 0 Å². The maximum absolute atomic E-state index is 6.91. The van der Waals surface area contributed by atoms with Gasteiger partial charge in [0.15, 0.2) is 0 Å². The van der Waals surface area contributed by atoms with Crippen molar-refractivity contribution in [1.82, 2.24) is 0 Å². The van der Waals surface area contributed by atoms with E-state index in [4.69, 9.17) is 30.5 Å². The van der Waals surface area contributed by atoms with Gasteiger partial charge in [-0.05, 0) is 58.7 Å². The van der Waals surface area contributed by atoms with E-state index in [1.165, 1.54) is 11.1 Å². The summed E-state index contributed by atoms with van der Waals surface area (Å²) in [6.45, 7) is 7.52. The predicted octanol–water partition coefficient (Wildman–Crippen LogP) is 9.16. The molecule has 0 amide bonds. The molecule has 4 nitrogen and oxygen atoms in total. The topological polar surface area (TPSA) is 36.9 Å². The highest BCUT2D eigenvalue weighted by molar-refractivity contribution is 6.32. The molecule has 226 valence electrons. The van der Waals surface area contributed by atoms with Crippen LogP contribution in [0.15, 0.2) is 97.1 Å². The smallest absolute Gasteiger partial charge is 0.138 e. The summed E-state index contributed by atoms with van der Waals surface area (Å²) in [6, 6.07) is 33.5. The maximum Gasteiger partial charge on any atom is 0.138 e. The lowest BCUT2D eigenvalue weighted by Gasteiger charge is -2.46. The summed E-state index contributed by atoms with van der Waals surface area (Å²) < 4.78 is 26.2. The van der Waals surface area contributed by atoms with Crippen molar-refractivity contribution in [3.8, 4) is 5.75 Å². The molecule has 5 rings (SSSR count). The lowest BCUT2D eigenvalue weighted by Crippen LogP contribution is -2.51. The number of ether oxygens (including phenoxy) is 4. The molecule has 4 aromatic rings. The SMILES string of the molecule is CCc1ccc(Cc2cc(C3O[C@H](CC)[C@@H](C)[C@H](OCc4ccccc4)[C@H]3OCc3ccccc3)cc(OC)c2Cl)cc1. The molecule has 5 heteroatoms. The van der Waals surface area contributed by atoms with Crippen molar-refractivity contribution in [2.24, 2.45) is 5.92 Å². The Balaban J connectivity index is 1.51. The lowest BCUT2D eigenvalue weighted by atomic mass is 9.83. The van der Waals surface area contributed by atoms with Gasteiger partial charge < -0.3 is 18.9 Å². The normalized spacial score (nSPS) is 21.9. The molecular weight excluding hydrogens is 556 g/mol. The molecule has 0 spiro atoms. The van der Waals surface area contributed by atoms with Crippen molar-refractivity contribution in [2.45, 2.75) is 77.7 Å². The first-order valence-corrected chi connectivity index (χ1v) is 15.8.